The summed E-state index contributed by atoms with van der Waals surface area (Å²) in [6, 6.07) is 31.6. The smallest absolute Gasteiger partial charge is 0.266 e. The van der Waals surface area contributed by atoms with Gasteiger partial charge in [-0.2, -0.15) is 0 Å². The molecule has 1 amide bonds. The van der Waals surface area contributed by atoms with Crippen molar-refractivity contribution < 1.29 is 9.53 Å². The van der Waals surface area contributed by atoms with Crippen molar-refractivity contribution in [2.75, 3.05) is 7.11 Å². The second-order valence-electron chi connectivity index (χ2n) is 9.25. The zero-order valence-electron chi connectivity index (χ0n) is 21.8. The SMILES string of the molecule is COc1ccccc1-n1c(C(C)N(Cc2ccccc2)C(=O)Cc2ccccc2Br)nc2ccccc2c1=O. The van der Waals surface area contributed by atoms with Crippen molar-refractivity contribution in [3.63, 3.8) is 0 Å². The van der Waals surface area contributed by atoms with E-state index >= 15 is 0 Å². The van der Waals surface area contributed by atoms with Crippen molar-refractivity contribution >= 4 is 32.7 Å². The fourth-order valence-corrected chi connectivity index (χ4v) is 5.17. The Kier molecular flexibility index (Phi) is 7.89. The third kappa shape index (κ3) is 5.49. The second-order valence-corrected chi connectivity index (χ2v) is 10.1. The number of aromatic nitrogens is 2. The Morgan fingerprint density at radius 2 is 1.59 bits per heavy atom. The summed E-state index contributed by atoms with van der Waals surface area (Å²) in [7, 11) is 1.57. The number of carbonyl (C=O) groups excluding carboxylic acids is 1. The number of para-hydroxylation sites is 3. The van der Waals surface area contributed by atoms with Crippen molar-refractivity contribution in [3.8, 4) is 11.4 Å². The van der Waals surface area contributed by atoms with Crippen molar-refractivity contribution in [1.82, 2.24) is 14.5 Å². The molecule has 0 fully saturated rings. The molecule has 0 bridgehead atoms. The van der Waals surface area contributed by atoms with E-state index in [9.17, 15) is 9.59 Å². The second kappa shape index (κ2) is 11.7. The van der Waals surface area contributed by atoms with Crippen LogP contribution in [0.1, 0.15) is 29.9 Å². The number of ether oxygens (including phenoxy) is 1. The molecular weight excluding hydrogens is 554 g/mol. The van der Waals surface area contributed by atoms with Crippen molar-refractivity contribution in [3.05, 3.63) is 135 Å². The number of hydrogen-bond acceptors (Lipinski definition) is 4. The largest absolute Gasteiger partial charge is 0.495 e. The van der Waals surface area contributed by atoms with Gasteiger partial charge in [-0.3, -0.25) is 14.2 Å². The van der Waals surface area contributed by atoms with Crippen LogP contribution in [0.2, 0.25) is 0 Å². The molecule has 5 aromatic rings. The molecule has 0 N–H and O–H groups in total. The lowest BCUT2D eigenvalue weighted by molar-refractivity contribution is -0.133. The molecule has 39 heavy (non-hydrogen) atoms. The van der Waals surface area contributed by atoms with Crippen LogP contribution in [0.3, 0.4) is 0 Å². The molecule has 0 aliphatic heterocycles. The molecule has 7 heteroatoms. The lowest BCUT2D eigenvalue weighted by Crippen LogP contribution is -2.38. The van der Waals surface area contributed by atoms with Crippen molar-refractivity contribution in [2.45, 2.75) is 25.9 Å². The molecule has 0 radical (unpaired) electrons. The summed E-state index contributed by atoms with van der Waals surface area (Å²) in [5.74, 6) is 0.922. The van der Waals surface area contributed by atoms with Crippen LogP contribution >= 0.6 is 15.9 Å². The summed E-state index contributed by atoms with van der Waals surface area (Å²) in [5, 5.41) is 0.494. The Morgan fingerprint density at radius 1 is 0.923 bits per heavy atom. The molecule has 196 valence electrons. The third-order valence-electron chi connectivity index (χ3n) is 6.78. The van der Waals surface area contributed by atoms with E-state index in [0.29, 0.717) is 34.7 Å². The number of fused-ring (bicyclic) bond motifs is 1. The van der Waals surface area contributed by atoms with Gasteiger partial charge in [-0.25, -0.2) is 4.98 Å². The molecule has 5 rings (SSSR count). The fraction of sp³-hybridized carbons (Fsp3) is 0.156. The topological polar surface area (TPSA) is 64.4 Å². The van der Waals surface area contributed by atoms with Gasteiger partial charge < -0.3 is 9.64 Å². The number of methoxy groups -OCH3 is 1. The fourth-order valence-electron chi connectivity index (χ4n) is 4.74. The predicted octanol–water partition coefficient (Wildman–Crippen LogP) is 6.49. The average molecular weight is 582 g/mol. The van der Waals surface area contributed by atoms with Crippen molar-refractivity contribution in [1.29, 1.82) is 0 Å². The Morgan fingerprint density at radius 3 is 2.36 bits per heavy atom. The number of rotatable bonds is 8. The standard InChI is InChI=1S/C32H28BrN3O3/c1-22(35(21-23-12-4-3-5-13-23)30(37)20-24-14-6-8-16-26(24)33)31-34-27-17-9-7-15-25(27)32(38)36(31)28-18-10-11-19-29(28)39-2/h3-19,22H,20-21H2,1-2H3. The minimum Gasteiger partial charge on any atom is -0.495 e. The number of carbonyl (C=O) groups is 1. The van der Waals surface area contributed by atoms with E-state index in [-0.39, 0.29) is 17.9 Å². The van der Waals surface area contributed by atoms with E-state index in [1.165, 1.54) is 0 Å². The van der Waals surface area contributed by atoms with E-state index in [1.54, 1.807) is 22.6 Å². The molecule has 4 aromatic carbocycles. The van der Waals surface area contributed by atoms with Gasteiger partial charge in [0.05, 0.1) is 36.2 Å². The zero-order valence-corrected chi connectivity index (χ0v) is 23.3. The number of benzene rings is 4. The van der Waals surface area contributed by atoms with E-state index in [0.717, 1.165) is 15.6 Å². The average Bonchev–Trinajstić information content (AvgIpc) is 2.97. The maximum absolute atomic E-state index is 14.0. The molecule has 1 atom stereocenters. The number of amides is 1. The van der Waals surface area contributed by atoms with Crippen LogP contribution in [-0.2, 0) is 17.8 Å². The summed E-state index contributed by atoms with van der Waals surface area (Å²) in [4.78, 5) is 34.7. The van der Waals surface area contributed by atoms with Gasteiger partial charge in [-0.05, 0) is 48.4 Å². The highest BCUT2D eigenvalue weighted by molar-refractivity contribution is 9.10. The maximum Gasteiger partial charge on any atom is 0.266 e. The first-order chi connectivity index (χ1) is 19.0. The van der Waals surface area contributed by atoms with Crippen LogP contribution in [0.5, 0.6) is 5.75 Å². The van der Waals surface area contributed by atoms with Gasteiger partial charge in [-0.15, -0.1) is 0 Å². The molecule has 0 spiro atoms. The summed E-state index contributed by atoms with van der Waals surface area (Å²) in [6.45, 7) is 2.28. The van der Waals surface area contributed by atoms with Crippen LogP contribution in [0, 0.1) is 0 Å². The lowest BCUT2D eigenvalue weighted by Gasteiger charge is -2.31. The van der Waals surface area contributed by atoms with Gasteiger partial charge in [0.1, 0.15) is 11.6 Å². The normalized spacial score (nSPS) is 11.8. The minimum atomic E-state index is -0.539. The highest BCUT2D eigenvalue weighted by atomic mass is 79.9. The van der Waals surface area contributed by atoms with Crippen molar-refractivity contribution in [2.24, 2.45) is 0 Å². The lowest BCUT2D eigenvalue weighted by atomic mass is 10.1. The Hall–Kier alpha value is -4.23. The van der Waals surface area contributed by atoms with Gasteiger partial charge in [0.25, 0.3) is 5.56 Å². The van der Waals surface area contributed by atoms with Crippen LogP contribution in [0.25, 0.3) is 16.6 Å². The molecule has 0 saturated heterocycles. The van der Waals surface area contributed by atoms with E-state index in [2.05, 4.69) is 15.9 Å². The van der Waals surface area contributed by atoms with Gasteiger partial charge in [0, 0.05) is 11.0 Å². The van der Waals surface area contributed by atoms with E-state index in [4.69, 9.17) is 9.72 Å². The highest BCUT2D eigenvalue weighted by Gasteiger charge is 2.28. The number of nitrogens with zero attached hydrogens (tertiary/aromatic N) is 3. The summed E-state index contributed by atoms with van der Waals surface area (Å²) in [6.07, 6.45) is 0.199. The summed E-state index contributed by atoms with van der Waals surface area (Å²) < 4.78 is 8.08. The molecule has 1 unspecified atom stereocenters. The monoisotopic (exact) mass is 581 g/mol. The van der Waals surface area contributed by atoms with Gasteiger partial charge in [0.15, 0.2) is 0 Å². The Balaban J connectivity index is 1.68. The molecular formula is C32H28BrN3O3. The first-order valence-corrected chi connectivity index (χ1v) is 13.5. The molecule has 0 aliphatic rings. The summed E-state index contributed by atoms with van der Waals surface area (Å²) >= 11 is 3.58. The van der Waals surface area contributed by atoms with Crippen LogP contribution < -0.4 is 10.3 Å². The van der Waals surface area contributed by atoms with E-state index in [1.807, 2.05) is 104 Å². The van der Waals surface area contributed by atoms with Crippen LogP contribution in [0.4, 0.5) is 0 Å². The third-order valence-corrected chi connectivity index (χ3v) is 7.56. The van der Waals surface area contributed by atoms with Gasteiger partial charge in [-0.1, -0.05) is 88.7 Å². The summed E-state index contributed by atoms with van der Waals surface area (Å²) in [5.41, 5.74) is 2.81. The molecule has 0 saturated carbocycles. The zero-order chi connectivity index (χ0) is 27.4. The Bertz CT molecular complexity index is 1680. The number of halogens is 1. The first-order valence-electron chi connectivity index (χ1n) is 12.7. The molecule has 1 aromatic heterocycles. The minimum absolute atomic E-state index is 0.0766. The van der Waals surface area contributed by atoms with E-state index < -0.39 is 6.04 Å². The predicted molar refractivity (Wildman–Crippen MR) is 157 cm³/mol. The first kappa shape index (κ1) is 26.4. The van der Waals surface area contributed by atoms with Crippen LogP contribution in [-0.4, -0.2) is 27.5 Å². The maximum atomic E-state index is 14.0. The van der Waals surface area contributed by atoms with Gasteiger partial charge >= 0.3 is 0 Å². The number of hydrogen-bond donors (Lipinski definition) is 0. The molecule has 1 heterocycles. The van der Waals surface area contributed by atoms with Gasteiger partial charge in [0.2, 0.25) is 5.91 Å². The van der Waals surface area contributed by atoms with Crippen LogP contribution in [0.15, 0.2) is 112 Å². The Labute approximate surface area is 235 Å². The highest BCUT2D eigenvalue weighted by Crippen LogP contribution is 2.29. The quantitative estimate of drug-likeness (QED) is 0.210. The molecule has 0 aliphatic carbocycles. The molecule has 6 nitrogen and oxygen atoms in total.